The van der Waals surface area contributed by atoms with Gasteiger partial charge in [-0.15, -0.1) is 5.10 Å². The van der Waals surface area contributed by atoms with Crippen LogP contribution in [-0.2, 0) is 15.7 Å². The number of nitrogens with zero attached hydrogens (tertiary/aromatic N) is 3. The number of morpholine rings is 1. The highest BCUT2D eigenvalue weighted by atomic mass is 79.9. The van der Waals surface area contributed by atoms with E-state index in [1.165, 1.54) is 12.1 Å². The van der Waals surface area contributed by atoms with Crippen LogP contribution in [0.25, 0.3) is 11.4 Å². The fourth-order valence-corrected chi connectivity index (χ4v) is 4.30. The summed E-state index contributed by atoms with van der Waals surface area (Å²) in [6.07, 6.45) is -4.54. The molecule has 0 spiro atoms. The van der Waals surface area contributed by atoms with Crippen LogP contribution in [0.1, 0.15) is 5.56 Å². The van der Waals surface area contributed by atoms with Gasteiger partial charge in [-0.1, -0.05) is 27.7 Å². The third kappa shape index (κ3) is 5.83. The summed E-state index contributed by atoms with van der Waals surface area (Å²) in [5, 5.41) is 19.6. The summed E-state index contributed by atoms with van der Waals surface area (Å²) >= 11 is 4.33. The van der Waals surface area contributed by atoms with Crippen molar-refractivity contribution in [3.05, 3.63) is 46.4 Å². The zero-order valence-corrected chi connectivity index (χ0v) is 19.9. The molecular formula is C21H19BrF3N5O3S. The molecule has 0 unspecified atom stereocenters. The SMILES string of the molecule is O=C(CSc1n[nH]c(-c2cc(Br)ccc2O)n1)Nc1cc(C(F)(F)F)ccc1N1CCOCC1. The number of anilines is 2. The number of halogens is 4. The lowest BCUT2D eigenvalue weighted by molar-refractivity contribution is -0.137. The molecule has 180 valence electrons. The molecule has 2 aromatic carbocycles. The largest absolute Gasteiger partial charge is 0.507 e. The van der Waals surface area contributed by atoms with E-state index in [9.17, 15) is 23.1 Å². The maximum absolute atomic E-state index is 13.3. The van der Waals surface area contributed by atoms with Gasteiger partial charge in [0.05, 0.1) is 41.5 Å². The quantitative estimate of drug-likeness (QED) is 0.382. The lowest BCUT2D eigenvalue weighted by atomic mass is 10.1. The minimum Gasteiger partial charge on any atom is -0.507 e. The number of benzene rings is 2. The topological polar surface area (TPSA) is 103 Å². The molecule has 0 atom stereocenters. The summed E-state index contributed by atoms with van der Waals surface area (Å²) in [6, 6.07) is 8.15. The van der Waals surface area contributed by atoms with Gasteiger partial charge in [-0.25, -0.2) is 4.98 Å². The number of aromatic nitrogens is 3. The molecule has 3 N–H and O–H groups in total. The van der Waals surface area contributed by atoms with E-state index >= 15 is 0 Å². The first-order valence-electron chi connectivity index (χ1n) is 10.1. The van der Waals surface area contributed by atoms with Crippen LogP contribution < -0.4 is 10.2 Å². The molecule has 0 bridgehead atoms. The number of phenolic OH excluding ortho intramolecular Hbond substituents is 1. The second-order valence-electron chi connectivity index (χ2n) is 7.29. The molecule has 1 aliphatic rings. The van der Waals surface area contributed by atoms with Gasteiger partial charge in [-0.3, -0.25) is 9.89 Å². The maximum Gasteiger partial charge on any atom is 0.416 e. The standard InChI is InChI=1S/C21H19BrF3N5O3S/c22-13-2-4-17(31)14(10-13)19-27-20(29-28-19)34-11-18(32)26-15-9-12(21(23,24)25)1-3-16(15)30-5-7-33-8-6-30/h1-4,9-10,31H,5-8,11H2,(H,26,32)(H,27,28,29). The number of rotatable bonds is 6. The molecule has 34 heavy (non-hydrogen) atoms. The van der Waals surface area contributed by atoms with Gasteiger partial charge >= 0.3 is 6.18 Å². The predicted octanol–water partition coefficient (Wildman–Crippen LogP) is 4.53. The highest BCUT2D eigenvalue weighted by molar-refractivity contribution is 9.10. The van der Waals surface area contributed by atoms with Crippen molar-refractivity contribution in [1.82, 2.24) is 15.2 Å². The van der Waals surface area contributed by atoms with Crippen molar-refractivity contribution in [3.8, 4) is 17.1 Å². The number of aromatic amines is 1. The summed E-state index contributed by atoms with van der Waals surface area (Å²) < 4.78 is 45.8. The number of thioether (sulfide) groups is 1. The molecule has 0 aliphatic carbocycles. The van der Waals surface area contributed by atoms with Gasteiger partial charge in [-0.05, 0) is 36.4 Å². The van der Waals surface area contributed by atoms with E-state index in [1.807, 2.05) is 4.90 Å². The van der Waals surface area contributed by atoms with Crippen LogP contribution in [0.3, 0.4) is 0 Å². The molecule has 1 saturated heterocycles. The number of phenols is 1. The summed E-state index contributed by atoms with van der Waals surface area (Å²) in [6.45, 7) is 1.91. The number of nitrogens with one attached hydrogen (secondary N) is 2. The minimum atomic E-state index is -4.54. The Morgan fingerprint density at radius 1 is 1.24 bits per heavy atom. The monoisotopic (exact) mass is 557 g/mol. The van der Waals surface area contributed by atoms with E-state index in [0.717, 1.165) is 28.4 Å². The average molecular weight is 558 g/mol. The third-order valence-corrected chi connectivity index (χ3v) is 6.30. The van der Waals surface area contributed by atoms with E-state index in [-0.39, 0.29) is 22.3 Å². The number of amides is 1. The molecule has 1 aliphatic heterocycles. The summed E-state index contributed by atoms with van der Waals surface area (Å²) in [5.41, 5.74) is 0.161. The Bertz CT molecular complexity index is 1180. The summed E-state index contributed by atoms with van der Waals surface area (Å²) in [5.74, 6) is -0.306. The molecule has 3 aromatic rings. The number of alkyl halides is 3. The number of hydrogen-bond acceptors (Lipinski definition) is 7. The van der Waals surface area contributed by atoms with Gasteiger partial charge in [0.1, 0.15) is 5.75 Å². The van der Waals surface area contributed by atoms with Gasteiger partial charge < -0.3 is 20.1 Å². The number of ether oxygens (including phenoxy) is 1. The molecule has 8 nitrogen and oxygen atoms in total. The number of aromatic hydroxyl groups is 1. The van der Waals surface area contributed by atoms with Crippen LogP contribution in [0, 0.1) is 0 Å². The zero-order chi connectivity index (χ0) is 24.3. The molecule has 0 radical (unpaired) electrons. The fourth-order valence-electron chi connectivity index (χ4n) is 3.34. The maximum atomic E-state index is 13.3. The summed E-state index contributed by atoms with van der Waals surface area (Å²) in [4.78, 5) is 18.7. The van der Waals surface area contributed by atoms with Gasteiger partial charge in [0.25, 0.3) is 0 Å². The van der Waals surface area contributed by atoms with Crippen molar-refractivity contribution in [2.45, 2.75) is 11.3 Å². The van der Waals surface area contributed by atoms with E-state index in [0.29, 0.717) is 43.4 Å². The highest BCUT2D eigenvalue weighted by Gasteiger charge is 2.32. The number of carbonyl (C=O) groups excluding carboxylic acids is 1. The van der Waals surface area contributed by atoms with E-state index in [4.69, 9.17) is 4.74 Å². The van der Waals surface area contributed by atoms with Crippen molar-refractivity contribution in [2.24, 2.45) is 0 Å². The van der Waals surface area contributed by atoms with Crippen molar-refractivity contribution in [1.29, 1.82) is 0 Å². The van der Waals surface area contributed by atoms with Crippen LogP contribution >= 0.6 is 27.7 Å². The van der Waals surface area contributed by atoms with Crippen LogP contribution in [-0.4, -0.2) is 58.3 Å². The smallest absolute Gasteiger partial charge is 0.416 e. The second-order valence-corrected chi connectivity index (χ2v) is 9.15. The summed E-state index contributed by atoms with van der Waals surface area (Å²) in [7, 11) is 0. The number of hydrogen-bond donors (Lipinski definition) is 3. The predicted molar refractivity (Wildman–Crippen MR) is 125 cm³/mol. The van der Waals surface area contributed by atoms with Crippen molar-refractivity contribution >= 4 is 45.0 Å². The van der Waals surface area contributed by atoms with Crippen LogP contribution in [0.2, 0.25) is 0 Å². The Labute approximate surface area is 205 Å². The molecular weight excluding hydrogens is 539 g/mol. The first-order valence-corrected chi connectivity index (χ1v) is 11.9. The Morgan fingerprint density at radius 3 is 2.74 bits per heavy atom. The van der Waals surface area contributed by atoms with Crippen molar-refractivity contribution in [2.75, 3.05) is 42.3 Å². The first kappa shape index (κ1) is 24.4. The zero-order valence-electron chi connectivity index (χ0n) is 17.5. The molecule has 1 fully saturated rings. The lowest BCUT2D eigenvalue weighted by Crippen LogP contribution is -2.37. The van der Waals surface area contributed by atoms with Gasteiger partial charge in [0.2, 0.25) is 11.1 Å². The highest BCUT2D eigenvalue weighted by Crippen LogP contribution is 2.36. The lowest BCUT2D eigenvalue weighted by Gasteiger charge is -2.31. The Hall–Kier alpha value is -2.77. The van der Waals surface area contributed by atoms with Crippen LogP contribution in [0.15, 0.2) is 46.0 Å². The normalized spacial score (nSPS) is 14.3. The molecule has 4 rings (SSSR count). The number of H-pyrrole nitrogens is 1. The first-order chi connectivity index (χ1) is 16.2. The third-order valence-electron chi connectivity index (χ3n) is 4.96. The van der Waals surface area contributed by atoms with Crippen molar-refractivity contribution in [3.63, 3.8) is 0 Å². The van der Waals surface area contributed by atoms with Crippen molar-refractivity contribution < 1.29 is 27.8 Å². The van der Waals surface area contributed by atoms with Gasteiger partial charge in [0.15, 0.2) is 5.82 Å². The van der Waals surface area contributed by atoms with E-state index in [1.54, 1.807) is 12.1 Å². The van der Waals surface area contributed by atoms with Crippen LogP contribution in [0.4, 0.5) is 24.5 Å². The Balaban J connectivity index is 1.46. The second kappa shape index (κ2) is 10.2. The Morgan fingerprint density at radius 2 is 2.00 bits per heavy atom. The molecule has 1 amide bonds. The van der Waals surface area contributed by atoms with E-state index < -0.39 is 17.6 Å². The molecule has 1 aromatic heterocycles. The average Bonchev–Trinajstić information content (AvgIpc) is 3.28. The molecule has 2 heterocycles. The molecule has 13 heteroatoms. The Kier molecular flexibility index (Phi) is 7.33. The molecule has 0 saturated carbocycles. The van der Waals surface area contributed by atoms with Gasteiger partial charge in [-0.2, -0.15) is 13.2 Å². The van der Waals surface area contributed by atoms with Crippen LogP contribution in [0.5, 0.6) is 5.75 Å². The fraction of sp³-hybridized carbons (Fsp3) is 0.286. The van der Waals surface area contributed by atoms with E-state index in [2.05, 4.69) is 36.4 Å². The minimum absolute atomic E-state index is 0.00818. The number of carbonyl (C=O) groups is 1. The van der Waals surface area contributed by atoms with Gasteiger partial charge in [0, 0.05) is 17.6 Å².